The van der Waals surface area contributed by atoms with Gasteiger partial charge in [0.05, 0.1) is 41.1 Å². The molecule has 5 rings (SSSR count). The van der Waals surface area contributed by atoms with Gasteiger partial charge in [-0.25, -0.2) is 4.98 Å². The molecule has 0 radical (unpaired) electrons. The maximum absolute atomic E-state index is 13.5. The van der Waals surface area contributed by atoms with Crippen molar-refractivity contribution in [3.05, 3.63) is 117 Å². The molecule has 0 saturated carbocycles. The number of para-hydroxylation sites is 1. The molecular formula is C31H25BrF3N5O2. The highest BCUT2D eigenvalue weighted by Gasteiger charge is 2.34. The molecule has 0 aliphatic heterocycles. The van der Waals surface area contributed by atoms with Crippen molar-refractivity contribution >= 4 is 50.0 Å². The number of pyridine rings is 1. The Labute approximate surface area is 247 Å². The summed E-state index contributed by atoms with van der Waals surface area (Å²) in [6, 6.07) is 22.1. The minimum Gasteiger partial charge on any atom is -0.326 e. The van der Waals surface area contributed by atoms with E-state index in [0.717, 1.165) is 22.9 Å². The van der Waals surface area contributed by atoms with Crippen molar-refractivity contribution in [2.75, 3.05) is 10.6 Å². The number of carbonyl (C=O) groups is 2. The third-order valence-corrected chi connectivity index (χ3v) is 7.20. The lowest BCUT2D eigenvalue weighted by atomic mass is 10.1. The van der Waals surface area contributed by atoms with Crippen molar-refractivity contribution in [2.24, 2.45) is 0 Å². The fraction of sp³-hybridized carbons (Fsp3) is 0.161. The Balaban J connectivity index is 1.32. The van der Waals surface area contributed by atoms with E-state index in [9.17, 15) is 22.8 Å². The van der Waals surface area contributed by atoms with E-state index >= 15 is 0 Å². The topological polar surface area (TPSA) is 88.9 Å². The summed E-state index contributed by atoms with van der Waals surface area (Å²) >= 11 is 3.31. The van der Waals surface area contributed by atoms with Gasteiger partial charge in [-0.3, -0.25) is 14.3 Å². The number of anilines is 2. The third-order valence-electron chi connectivity index (χ3n) is 6.70. The smallest absolute Gasteiger partial charge is 0.326 e. The van der Waals surface area contributed by atoms with Crippen LogP contribution in [0.15, 0.2) is 83.3 Å². The molecule has 2 aromatic heterocycles. The largest absolute Gasteiger partial charge is 0.433 e. The zero-order chi connectivity index (χ0) is 30.0. The minimum atomic E-state index is -4.71. The average molecular weight is 636 g/mol. The number of hydrogen-bond donors (Lipinski definition) is 2. The van der Waals surface area contributed by atoms with Crippen molar-refractivity contribution in [2.45, 2.75) is 33.0 Å². The summed E-state index contributed by atoms with van der Waals surface area (Å²) in [4.78, 5) is 29.4. The second-order valence-corrected chi connectivity index (χ2v) is 10.7. The van der Waals surface area contributed by atoms with Crippen LogP contribution in [0.4, 0.5) is 24.5 Å². The van der Waals surface area contributed by atoms with Crippen molar-refractivity contribution < 1.29 is 22.8 Å². The number of nitrogens with zero attached hydrogens (tertiary/aromatic N) is 3. The number of aryl methyl sites for hydroxylation is 1. The van der Waals surface area contributed by atoms with E-state index in [2.05, 4.69) is 36.6 Å². The van der Waals surface area contributed by atoms with Crippen molar-refractivity contribution in [1.29, 1.82) is 0 Å². The van der Waals surface area contributed by atoms with E-state index in [4.69, 9.17) is 0 Å². The second kappa shape index (κ2) is 11.8. The lowest BCUT2D eigenvalue weighted by molar-refractivity contribution is -0.141. The molecule has 2 amide bonds. The van der Waals surface area contributed by atoms with Gasteiger partial charge in [-0.15, -0.1) is 0 Å². The van der Waals surface area contributed by atoms with E-state index in [0.29, 0.717) is 28.1 Å². The van der Waals surface area contributed by atoms with Gasteiger partial charge in [0.2, 0.25) is 5.91 Å². The Kier molecular flexibility index (Phi) is 8.13. The van der Waals surface area contributed by atoms with Gasteiger partial charge in [-0.1, -0.05) is 58.4 Å². The molecule has 11 heteroatoms. The predicted molar refractivity (Wildman–Crippen MR) is 158 cm³/mol. The molecule has 0 fully saturated rings. The maximum atomic E-state index is 13.5. The van der Waals surface area contributed by atoms with Crippen LogP contribution in [-0.4, -0.2) is 26.6 Å². The lowest BCUT2D eigenvalue weighted by Gasteiger charge is -2.13. The van der Waals surface area contributed by atoms with E-state index in [-0.39, 0.29) is 28.8 Å². The zero-order valence-corrected chi connectivity index (χ0v) is 24.2. The fourth-order valence-electron chi connectivity index (χ4n) is 4.59. The number of aromatic nitrogens is 3. The fourth-order valence-corrected chi connectivity index (χ4v) is 4.95. The van der Waals surface area contributed by atoms with Crippen molar-refractivity contribution in [1.82, 2.24) is 14.8 Å². The van der Waals surface area contributed by atoms with Crippen LogP contribution < -0.4 is 10.6 Å². The average Bonchev–Trinajstić information content (AvgIpc) is 3.20. The number of hydrogen-bond acceptors (Lipinski definition) is 4. The first-order chi connectivity index (χ1) is 20.0. The van der Waals surface area contributed by atoms with Gasteiger partial charge in [0.25, 0.3) is 5.91 Å². The Morgan fingerprint density at radius 2 is 1.60 bits per heavy atom. The van der Waals surface area contributed by atoms with Crippen LogP contribution in [0.5, 0.6) is 0 Å². The third kappa shape index (κ3) is 6.52. The summed E-state index contributed by atoms with van der Waals surface area (Å²) in [5.41, 5.74) is 2.85. The van der Waals surface area contributed by atoms with Crippen LogP contribution in [0.2, 0.25) is 0 Å². The number of fused-ring (bicyclic) bond motifs is 1. The Hall–Kier alpha value is -4.51. The summed E-state index contributed by atoms with van der Waals surface area (Å²) in [7, 11) is 0. The first-order valence-electron chi connectivity index (χ1n) is 12.9. The summed E-state index contributed by atoms with van der Waals surface area (Å²) in [6.07, 6.45) is -4.49. The first-order valence-corrected chi connectivity index (χ1v) is 13.7. The van der Waals surface area contributed by atoms with Crippen LogP contribution in [-0.2, 0) is 23.9 Å². The molecule has 0 atom stereocenters. The molecular weight excluding hydrogens is 611 g/mol. The molecule has 214 valence electrons. The minimum absolute atomic E-state index is 0.0586. The van der Waals surface area contributed by atoms with Crippen LogP contribution in [0.25, 0.3) is 10.9 Å². The number of halogens is 4. The molecule has 3 aromatic carbocycles. The first kappa shape index (κ1) is 29.0. The van der Waals surface area contributed by atoms with Gasteiger partial charge in [-0.2, -0.15) is 18.3 Å². The zero-order valence-electron chi connectivity index (χ0n) is 22.6. The van der Waals surface area contributed by atoms with Gasteiger partial charge in [-0.05, 0) is 61.4 Å². The molecule has 0 aliphatic rings. The van der Waals surface area contributed by atoms with Crippen LogP contribution in [0, 0.1) is 13.8 Å². The van der Waals surface area contributed by atoms with Gasteiger partial charge in [0, 0.05) is 15.5 Å². The molecule has 2 heterocycles. The molecule has 0 bridgehead atoms. The quantitative estimate of drug-likeness (QED) is 0.196. The highest BCUT2D eigenvalue weighted by molar-refractivity contribution is 9.10. The summed E-state index contributed by atoms with van der Waals surface area (Å²) < 4.78 is 42.9. The number of nitrogens with one attached hydrogen (secondary N) is 2. The van der Waals surface area contributed by atoms with Crippen LogP contribution in [0.1, 0.15) is 38.6 Å². The maximum Gasteiger partial charge on any atom is 0.433 e. The van der Waals surface area contributed by atoms with Crippen LogP contribution >= 0.6 is 15.9 Å². The van der Waals surface area contributed by atoms with Gasteiger partial charge < -0.3 is 10.6 Å². The number of carbonyl (C=O) groups excluding carboxylic acids is 2. The molecule has 7 nitrogen and oxygen atoms in total. The SMILES string of the molecule is Cc1nn(Cc2ccc(CC(=O)Nc3ccccc3)cc2)c(C)c1NC(=O)c1cc(C(F)(F)F)nc2ccc(Br)cc12. The molecule has 0 unspecified atom stereocenters. The molecule has 0 spiro atoms. The normalized spacial score (nSPS) is 11.5. The van der Waals surface area contributed by atoms with Crippen LogP contribution in [0.3, 0.4) is 0 Å². The van der Waals surface area contributed by atoms with Crippen molar-refractivity contribution in [3.8, 4) is 0 Å². The van der Waals surface area contributed by atoms with Crippen molar-refractivity contribution in [3.63, 3.8) is 0 Å². The summed E-state index contributed by atoms with van der Waals surface area (Å²) in [6.45, 7) is 3.89. The summed E-state index contributed by atoms with van der Waals surface area (Å²) in [5, 5.41) is 10.5. The lowest BCUT2D eigenvalue weighted by Crippen LogP contribution is -2.17. The number of amides is 2. The predicted octanol–water partition coefficient (Wildman–Crippen LogP) is 7.31. The highest BCUT2D eigenvalue weighted by atomic mass is 79.9. The second-order valence-electron chi connectivity index (χ2n) is 9.78. The monoisotopic (exact) mass is 635 g/mol. The van der Waals surface area contributed by atoms with E-state index in [1.54, 1.807) is 30.7 Å². The molecule has 42 heavy (non-hydrogen) atoms. The van der Waals surface area contributed by atoms with Gasteiger partial charge in [0.15, 0.2) is 0 Å². The van der Waals surface area contributed by atoms with Gasteiger partial charge in [0.1, 0.15) is 5.69 Å². The number of alkyl halides is 3. The molecule has 0 saturated heterocycles. The Bertz CT molecular complexity index is 1790. The number of benzene rings is 3. The summed E-state index contributed by atoms with van der Waals surface area (Å²) in [5.74, 6) is -0.820. The Morgan fingerprint density at radius 1 is 0.905 bits per heavy atom. The van der Waals surface area contributed by atoms with Gasteiger partial charge >= 0.3 is 6.18 Å². The number of rotatable bonds is 7. The highest BCUT2D eigenvalue weighted by Crippen LogP contribution is 2.33. The van der Waals surface area contributed by atoms with E-state index in [1.807, 2.05) is 54.6 Å². The Morgan fingerprint density at radius 3 is 2.29 bits per heavy atom. The van der Waals surface area contributed by atoms with E-state index in [1.165, 1.54) is 6.07 Å². The standard InChI is InChI=1S/C31H25BrF3N5O2/c1-18-29(38-30(42)25-16-27(31(33,34)35)37-26-13-12-22(32)15-24(25)26)19(2)40(39-18)17-21-10-8-20(9-11-21)14-28(41)36-23-6-4-3-5-7-23/h3-13,15-16H,14,17H2,1-2H3,(H,36,41)(H,38,42). The van der Waals surface area contributed by atoms with E-state index < -0.39 is 17.8 Å². The molecule has 5 aromatic rings. The molecule has 0 aliphatic carbocycles. The molecule has 2 N–H and O–H groups in total.